The van der Waals surface area contributed by atoms with E-state index in [9.17, 15) is 9.59 Å². The standard InChI is InChI=1S/C18H17NO5/c1-4-22-18(21)12-6-19-10(3)8-24-17-14-9(2)7-23-13(14)5-11(15(17)19)16(12)20/h5-7,10H,4,8H2,1-3H3. The summed E-state index contributed by atoms with van der Waals surface area (Å²) in [5, 5.41) is 1.27. The van der Waals surface area contributed by atoms with Gasteiger partial charge in [0.15, 0.2) is 5.75 Å². The van der Waals surface area contributed by atoms with Gasteiger partial charge in [-0.3, -0.25) is 4.79 Å². The molecule has 3 aromatic rings. The molecule has 3 heterocycles. The minimum atomic E-state index is -0.607. The molecule has 1 atom stereocenters. The van der Waals surface area contributed by atoms with Crippen LogP contribution in [0.25, 0.3) is 21.9 Å². The first-order valence-corrected chi connectivity index (χ1v) is 7.92. The first kappa shape index (κ1) is 14.8. The number of aromatic nitrogens is 1. The van der Waals surface area contributed by atoms with Gasteiger partial charge >= 0.3 is 5.97 Å². The molecule has 0 aliphatic carbocycles. The molecule has 124 valence electrons. The van der Waals surface area contributed by atoms with Gasteiger partial charge in [-0.25, -0.2) is 4.79 Å². The van der Waals surface area contributed by atoms with Crippen LogP contribution >= 0.6 is 0 Å². The zero-order valence-corrected chi connectivity index (χ0v) is 13.7. The Kier molecular flexibility index (Phi) is 3.16. The number of ether oxygens (including phenoxy) is 2. The van der Waals surface area contributed by atoms with Crippen molar-refractivity contribution in [2.75, 3.05) is 13.2 Å². The molecule has 0 spiro atoms. The highest BCUT2D eigenvalue weighted by molar-refractivity contribution is 6.05. The molecule has 1 unspecified atom stereocenters. The highest BCUT2D eigenvalue weighted by atomic mass is 16.5. The van der Waals surface area contributed by atoms with E-state index in [-0.39, 0.29) is 23.6 Å². The lowest BCUT2D eigenvalue weighted by molar-refractivity contribution is 0.0523. The summed E-state index contributed by atoms with van der Waals surface area (Å²) in [6.45, 7) is 6.30. The lowest BCUT2D eigenvalue weighted by Gasteiger charge is -2.27. The van der Waals surface area contributed by atoms with Crippen molar-refractivity contribution in [2.24, 2.45) is 0 Å². The molecule has 24 heavy (non-hydrogen) atoms. The van der Waals surface area contributed by atoms with Gasteiger partial charge in [-0.15, -0.1) is 0 Å². The Balaban J connectivity index is 2.17. The Bertz CT molecular complexity index is 1040. The lowest BCUT2D eigenvalue weighted by Crippen LogP contribution is -2.27. The zero-order valence-electron chi connectivity index (χ0n) is 13.7. The van der Waals surface area contributed by atoms with Crippen molar-refractivity contribution in [3.05, 3.63) is 39.9 Å². The second kappa shape index (κ2) is 5.12. The topological polar surface area (TPSA) is 70.7 Å². The SMILES string of the molecule is CCOC(=O)c1cn2c3c(c4c(C)coc4cc3c1=O)OCC2C. The van der Waals surface area contributed by atoms with Gasteiger partial charge in [-0.05, 0) is 32.4 Å². The predicted octanol–water partition coefficient (Wildman–Crippen LogP) is 3.19. The van der Waals surface area contributed by atoms with Crippen molar-refractivity contribution in [1.82, 2.24) is 4.57 Å². The van der Waals surface area contributed by atoms with Crippen molar-refractivity contribution < 1.29 is 18.7 Å². The van der Waals surface area contributed by atoms with Crippen LogP contribution in [0.5, 0.6) is 5.75 Å². The quantitative estimate of drug-likeness (QED) is 0.676. The third kappa shape index (κ3) is 1.89. The van der Waals surface area contributed by atoms with Crippen LogP contribution in [0.3, 0.4) is 0 Å². The summed E-state index contributed by atoms with van der Waals surface area (Å²) in [6.07, 6.45) is 3.23. The maximum absolute atomic E-state index is 12.8. The van der Waals surface area contributed by atoms with Gasteiger partial charge in [0.05, 0.1) is 35.2 Å². The summed E-state index contributed by atoms with van der Waals surface area (Å²) < 4.78 is 18.4. The molecule has 0 bridgehead atoms. The molecule has 1 aromatic carbocycles. The second-order valence-corrected chi connectivity index (χ2v) is 6.05. The number of aryl methyl sites for hydroxylation is 1. The normalized spacial score (nSPS) is 16.4. The maximum atomic E-state index is 12.8. The van der Waals surface area contributed by atoms with Crippen LogP contribution in [0.1, 0.15) is 35.8 Å². The molecule has 6 heteroatoms. The molecular formula is C18H17NO5. The molecule has 4 rings (SSSR count). The van der Waals surface area contributed by atoms with Gasteiger partial charge in [0.2, 0.25) is 5.43 Å². The second-order valence-electron chi connectivity index (χ2n) is 6.05. The lowest BCUT2D eigenvalue weighted by atomic mass is 10.0. The molecule has 1 aliphatic rings. The number of esters is 1. The number of fused-ring (bicyclic) bond motifs is 2. The summed E-state index contributed by atoms with van der Waals surface area (Å²) in [5.74, 6) is 0.0310. The van der Waals surface area contributed by atoms with E-state index in [1.807, 2.05) is 18.4 Å². The fraction of sp³-hybridized carbons (Fsp3) is 0.333. The third-order valence-electron chi connectivity index (χ3n) is 4.43. The van der Waals surface area contributed by atoms with E-state index < -0.39 is 5.97 Å². The van der Waals surface area contributed by atoms with Gasteiger partial charge in [-0.1, -0.05) is 0 Å². The van der Waals surface area contributed by atoms with Crippen LogP contribution < -0.4 is 10.2 Å². The van der Waals surface area contributed by atoms with Gasteiger partial charge in [0.1, 0.15) is 17.8 Å². The third-order valence-corrected chi connectivity index (χ3v) is 4.43. The Morgan fingerprint density at radius 1 is 1.46 bits per heavy atom. The minimum absolute atomic E-state index is 0.00145. The number of hydrogen-bond acceptors (Lipinski definition) is 5. The average molecular weight is 327 g/mol. The summed E-state index contributed by atoms with van der Waals surface area (Å²) in [7, 11) is 0. The van der Waals surface area contributed by atoms with Gasteiger partial charge in [0.25, 0.3) is 0 Å². The van der Waals surface area contributed by atoms with Crippen molar-refractivity contribution >= 4 is 27.8 Å². The number of carbonyl (C=O) groups is 1. The fourth-order valence-corrected chi connectivity index (χ4v) is 3.26. The number of hydrogen-bond donors (Lipinski definition) is 0. The van der Waals surface area contributed by atoms with Gasteiger partial charge in [0, 0.05) is 6.20 Å². The smallest absolute Gasteiger partial charge is 0.343 e. The van der Waals surface area contributed by atoms with E-state index in [1.165, 1.54) is 0 Å². The maximum Gasteiger partial charge on any atom is 0.343 e. The van der Waals surface area contributed by atoms with Gasteiger partial charge in [-0.2, -0.15) is 0 Å². The zero-order chi connectivity index (χ0) is 17.0. The molecule has 2 aromatic heterocycles. The first-order valence-electron chi connectivity index (χ1n) is 7.92. The molecule has 1 aliphatic heterocycles. The summed E-state index contributed by atoms with van der Waals surface area (Å²) in [4.78, 5) is 25.0. The highest BCUT2D eigenvalue weighted by Crippen LogP contribution is 2.40. The number of nitrogens with zero attached hydrogens (tertiary/aromatic N) is 1. The number of benzene rings is 1. The van der Waals surface area contributed by atoms with E-state index in [0.717, 1.165) is 10.9 Å². The molecule has 0 saturated heterocycles. The Morgan fingerprint density at radius 2 is 2.25 bits per heavy atom. The van der Waals surface area contributed by atoms with Crippen LogP contribution in [-0.4, -0.2) is 23.8 Å². The highest BCUT2D eigenvalue weighted by Gasteiger charge is 2.27. The van der Waals surface area contributed by atoms with Crippen LogP contribution in [0.4, 0.5) is 0 Å². The van der Waals surface area contributed by atoms with Gasteiger partial charge < -0.3 is 18.5 Å². The molecule has 6 nitrogen and oxygen atoms in total. The Hall–Kier alpha value is -2.76. The van der Waals surface area contributed by atoms with Crippen LogP contribution in [-0.2, 0) is 4.74 Å². The van der Waals surface area contributed by atoms with Crippen molar-refractivity contribution in [2.45, 2.75) is 26.8 Å². The molecule has 0 N–H and O–H groups in total. The van der Waals surface area contributed by atoms with Crippen molar-refractivity contribution in [1.29, 1.82) is 0 Å². The fourth-order valence-electron chi connectivity index (χ4n) is 3.26. The van der Waals surface area contributed by atoms with E-state index in [1.54, 1.807) is 25.5 Å². The van der Waals surface area contributed by atoms with E-state index >= 15 is 0 Å². The van der Waals surface area contributed by atoms with Crippen molar-refractivity contribution in [3.8, 4) is 5.75 Å². The monoisotopic (exact) mass is 327 g/mol. The number of pyridine rings is 1. The molecule has 0 saturated carbocycles. The van der Waals surface area contributed by atoms with Crippen LogP contribution in [0, 0.1) is 6.92 Å². The van der Waals surface area contributed by atoms with E-state index in [2.05, 4.69) is 0 Å². The molecule has 0 radical (unpaired) electrons. The summed E-state index contributed by atoms with van der Waals surface area (Å²) in [5.41, 5.74) is 1.89. The van der Waals surface area contributed by atoms with E-state index in [4.69, 9.17) is 13.9 Å². The number of carbonyl (C=O) groups excluding carboxylic acids is 1. The van der Waals surface area contributed by atoms with Crippen LogP contribution in [0.15, 0.2) is 27.7 Å². The molecule has 0 fully saturated rings. The summed E-state index contributed by atoms with van der Waals surface area (Å²) in [6, 6.07) is 1.68. The first-order chi connectivity index (χ1) is 11.5. The Labute approximate surface area is 137 Å². The Morgan fingerprint density at radius 3 is 3.00 bits per heavy atom. The number of furan rings is 1. The van der Waals surface area contributed by atoms with Crippen LogP contribution in [0.2, 0.25) is 0 Å². The summed E-state index contributed by atoms with van der Waals surface area (Å²) >= 11 is 0. The predicted molar refractivity (Wildman–Crippen MR) is 88.9 cm³/mol. The average Bonchev–Trinajstić information content (AvgIpc) is 2.93. The largest absolute Gasteiger partial charge is 0.488 e. The minimum Gasteiger partial charge on any atom is -0.488 e. The molecular weight excluding hydrogens is 310 g/mol. The van der Waals surface area contributed by atoms with Crippen molar-refractivity contribution in [3.63, 3.8) is 0 Å². The number of rotatable bonds is 2. The molecule has 0 amide bonds. The van der Waals surface area contributed by atoms with E-state index in [0.29, 0.717) is 28.8 Å².